The number of ether oxygens (including phenoxy) is 1. The minimum Gasteiger partial charge on any atom is -0.457 e. The molecule has 1 aliphatic rings. The lowest BCUT2D eigenvalue weighted by atomic mass is 10.0. The number of anilines is 1. The smallest absolute Gasteiger partial charge is 0.163 e. The lowest BCUT2D eigenvalue weighted by Gasteiger charge is -2.26. The quantitative estimate of drug-likeness (QED) is 0.544. The fourth-order valence-corrected chi connectivity index (χ4v) is 3.44. The zero-order valence-electron chi connectivity index (χ0n) is 15.5. The van der Waals surface area contributed by atoms with E-state index in [0.717, 1.165) is 13.1 Å². The van der Waals surface area contributed by atoms with Gasteiger partial charge in [-0.15, -0.1) is 0 Å². The molecule has 2 aromatic heterocycles. The van der Waals surface area contributed by atoms with Crippen LogP contribution in [0.2, 0.25) is 0 Å². The van der Waals surface area contributed by atoms with E-state index in [-0.39, 0.29) is 5.82 Å². The molecule has 3 heterocycles. The number of hydrogen-bond acceptors (Lipinski definition) is 6. The van der Waals surface area contributed by atoms with E-state index in [1.807, 2.05) is 30.3 Å². The predicted molar refractivity (Wildman–Crippen MR) is 108 cm³/mol. The molecular formula is C21H19FN6O. The van der Waals surface area contributed by atoms with E-state index < -0.39 is 5.82 Å². The minimum atomic E-state index is -0.446. The molecule has 2 aromatic carbocycles. The topological polar surface area (TPSA) is 90.9 Å². The second-order valence-electron chi connectivity index (χ2n) is 7.07. The van der Waals surface area contributed by atoms with Gasteiger partial charge in [0.25, 0.3) is 0 Å². The second-order valence-corrected chi connectivity index (χ2v) is 7.07. The molecule has 3 N–H and O–H groups in total. The van der Waals surface area contributed by atoms with E-state index in [1.165, 1.54) is 12.4 Å². The van der Waals surface area contributed by atoms with E-state index in [4.69, 9.17) is 10.5 Å². The lowest BCUT2D eigenvalue weighted by molar-refractivity contribution is 0.299. The van der Waals surface area contributed by atoms with Gasteiger partial charge < -0.3 is 15.8 Å². The van der Waals surface area contributed by atoms with Gasteiger partial charge >= 0.3 is 0 Å². The average Bonchev–Trinajstić information content (AvgIpc) is 3.05. The fourth-order valence-electron chi connectivity index (χ4n) is 3.44. The van der Waals surface area contributed by atoms with Gasteiger partial charge in [0.15, 0.2) is 5.65 Å². The summed E-state index contributed by atoms with van der Waals surface area (Å²) in [7, 11) is 0. The second kappa shape index (κ2) is 7.14. The molecule has 0 radical (unpaired) electrons. The number of fused-ring (bicyclic) bond motifs is 1. The van der Waals surface area contributed by atoms with Crippen LogP contribution in [0.15, 0.2) is 54.9 Å². The van der Waals surface area contributed by atoms with Crippen LogP contribution < -0.4 is 15.8 Å². The first kappa shape index (κ1) is 17.6. The Morgan fingerprint density at radius 2 is 1.93 bits per heavy atom. The molecule has 8 heteroatoms. The van der Waals surface area contributed by atoms with Crippen LogP contribution in [0.4, 0.5) is 10.2 Å². The Morgan fingerprint density at radius 3 is 2.66 bits per heavy atom. The van der Waals surface area contributed by atoms with Gasteiger partial charge in [-0.25, -0.2) is 19.0 Å². The van der Waals surface area contributed by atoms with Gasteiger partial charge in [0.2, 0.25) is 0 Å². The predicted octanol–water partition coefficient (Wildman–Crippen LogP) is 3.23. The highest BCUT2D eigenvalue weighted by molar-refractivity contribution is 5.98. The van der Waals surface area contributed by atoms with Crippen molar-refractivity contribution in [3.8, 4) is 22.8 Å². The maximum Gasteiger partial charge on any atom is 0.163 e. The molecule has 0 spiro atoms. The summed E-state index contributed by atoms with van der Waals surface area (Å²) in [6.45, 7) is 2.55. The van der Waals surface area contributed by atoms with Crippen molar-refractivity contribution in [2.75, 3.05) is 18.8 Å². The lowest BCUT2D eigenvalue weighted by Crippen LogP contribution is -2.44. The Bertz CT molecular complexity index is 1170. The third-order valence-electron chi connectivity index (χ3n) is 5.03. The first-order chi connectivity index (χ1) is 14.2. The molecule has 1 saturated heterocycles. The van der Waals surface area contributed by atoms with Gasteiger partial charge in [0.05, 0.1) is 5.39 Å². The largest absolute Gasteiger partial charge is 0.457 e. The van der Waals surface area contributed by atoms with E-state index in [9.17, 15) is 0 Å². The van der Waals surface area contributed by atoms with E-state index in [0.29, 0.717) is 46.3 Å². The summed E-state index contributed by atoms with van der Waals surface area (Å²) in [5, 5.41) is 8.45. The van der Waals surface area contributed by atoms with Crippen molar-refractivity contribution in [1.29, 1.82) is 0 Å². The number of aromatic nitrogens is 4. The Hall–Kier alpha value is -3.52. The number of nitrogens with zero attached hydrogens (tertiary/aromatic N) is 4. The third-order valence-corrected chi connectivity index (χ3v) is 5.03. The van der Waals surface area contributed by atoms with Crippen molar-refractivity contribution >= 4 is 16.9 Å². The highest BCUT2D eigenvalue weighted by atomic mass is 19.1. The number of benzene rings is 2. The van der Waals surface area contributed by atoms with Crippen molar-refractivity contribution in [1.82, 2.24) is 25.1 Å². The molecule has 4 aromatic rings. The maximum atomic E-state index is 15.0. The number of nitrogens with two attached hydrogens (primary N) is 1. The van der Waals surface area contributed by atoms with E-state index in [2.05, 4.69) is 20.4 Å². The Kier molecular flexibility index (Phi) is 4.33. The number of nitrogens with one attached hydrogen (secondary N) is 1. The number of halogens is 1. The molecule has 29 heavy (non-hydrogen) atoms. The molecule has 5 rings (SSSR count). The highest BCUT2D eigenvalue weighted by Gasteiger charge is 2.23. The summed E-state index contributed by atoms with van der Waals surface area (Å²) >= 11 is 0. The number of nitrogen functional groups attached to an aromatic ring is 1. The van der Waals surface area contributed by atoms with Crippen LogP contribution in [-0.4, -0.2) is 32.8 Å². The van der Waals surface area contributed by atoms with Gasteiger partial charge in [0, 0.05) is 37.2 Å². The van der Waals surface area contributed by atoms with Crippen LogP contribution in [0.5, 0.6) is 11.5 Å². The molecule has 1 fully saturated rings. The summed E-state index contributed by atoms with van der Waals surface area (Å²) in [5.74, 6) is 1.35. The summed E-state index contributed by atoms with van der Waals surface area (Å²) < 4.78 is 22.5. The van der Waals surface area contributed by atoms with Crippen LogP contribution >= 0.6 is 0 Å². The summed E-state index contributed by atoms with van der Waals surface area (Å²) in [4.78, 5) is 8.42. The molecule has 0 unspecified atom stereocenters. The Morgan fingerprint density at radius 1 is 1.10 bits per heavy atom. The van der Waals surface area contributed by atoms with Crippen LogP contribution in [0.25, 0.3) is 22.3 Å². The Balaban J connectivity index is 1.54. The van der Waals surface area contributed by atoms with Crippen molar-refractivity contribution in [3.05, 3.63) is 60.7 Å². The van der Waals surface area contributed by atoms with Gasteiger partial charge in [-0.1, -0.05) is 18.2 Å². The fraction of sp³-hybridized carbons (Fsp3) is 0.190. The summed E-state index contributed by atoms with van der Waals surface area (Å²) in [6.07, 6.45) is 1.41. The monoisotopic (exact) mass is 390 g/mol. The van der Waals surface area contributed by atoms with Gasteiger partial charge in [-0.3, -0.25) is 0 Å². The highest BCUT2D eigenvalue weighted by Crippen LogP contribution is 2.34. The SMILES string of the molecule is Nc1ncnc2c1c(-c1ccc(Oc3ccccc3)cc1F)nn2CC1CNC1. The van der Waals surface area contributed by atoms with Crippen molar-refractivity contribution in [3.63, 3.8) is 0 Å². The zero-order chi connectivity index (χ0) is 19.8. The van der Waals surface area contributed by atoms with Crippen LogP contribution in [0, 0.1) is 11.7 Å². The molecule has 7 nitrogen and oxygen atoms in total. The molecular weight excluding hydrogens is 371 g/mol. The first-order valence-electron chi connectivity index (χ1n) is 9.39. The van der Waals surface area contributed by atoms with Gasteiger partial charge in [-0.2, -0.15) is 5.10 Å². The minimum absolute atomic E-state index is 0.284. The number of hydrogen-bond donors (Lipinski definition) is 2. The van der Waals surface area contributed by atoms with Gasteiger partial charge in [-0.05, 0) is 24.3 Å². The molecule has 0 aliphatic carbocycles. The summed E-state index contributed by atoms with van der Waals surface area (Å²) in [6, 6.07) is 14.0. The Labute approximate surface area is 166 Å². The number of rotatable bonds is 5. The molecule has 0 bridgehead atoms. The summed E-state index contributed by atoms with van der Waals surface area (Å²) in [5.41, 5.74) is 7.49. The van der Waals surface area contributed by atoms with Crippen molar-refractivity contribution in [2.24, 2.45) is 5.92 Å². The molecule has 146 valence electrons. The standard InChI is InChI=1S/C21H19FN6O/c22-17-8-15(29-14-4-2-1-3-5-14)6-7-16(17)19-18-20(23)25-12-26-21(18)28(27-19)11-13-9-24-10-13/h1-8,12-13,24H,9-11H2,(H2,23,25,26). The zero-order valence-corrected chi connectivity index (χ0v) is 15.5. The average molecular weight is 390 g/mol. The van der Waals surface area contributed by atoms with E-state index in [1.54, 1.807) is 16.8 Å². The molecule has 0 amide bonds. The third kappa shape index (κ3) is 3.27. The van der Waals surface area contributed by atoms with Crippen molar-refractivity contribution < 1.29 is 9.13 Å². The number of para-hydroxylation sites is 1. The van der Waals surface area contributed by atoms with Crippen LogP contribution in [0.1, 0.15) is 0 Å². The van der Waals surface area contributed by atoms with E-state index >= 15 is 4.39 Å². The van der Waals surface area contributed by atoms with Crippen LogP contribution in [0.3, 0.4) is 0 Å². The molecule has 0 atom stereocenters. The molecule has 1 aliphatic heterocycles. The maximum absolute atomic E-state index is 15.0. The first-order valence-corrected chi connectivity index (χ1v) is 9.39. The normalized spacial score (nSPS) is 14.1. The molecule has 0 saturated carbocycles. The van der Waals surface area contributed by atoms with Crippen molar-refractivity contribution in [2.45, 2.75) is 6.54 Å². The van der Waals surface area contributed by atoms with Gasteiger partial charge in [0.1, 0.15) is 35.2 Å². The van der Waals surface area contributed by atoms with Crippen LogP contribution in [-0.2, 0) is 6.54 Å².